The number of carbonyl (C=O) groups is 5. The molecule has 2 saturated carbocycles. The Morgan fingerprint density at radius 3 is 2.62 bits per heavy atom. The Balaban J connectivity index is 1.27. The number of nitrogens with one attached hydrogen (secondary N) is 3. The first kappa shape index (κ1) is 35.2. The van der Waals surface area contributed by atoms with Crippen LogP contribution in [0.1, 0.15) is 68.4 Å². The van der Waals surface area contributed by atoms with Gasteiger partial charge in [0.15, 0.2) is 0 Å². The molecule has 14 nitrogen and oxygen atoms in total. The van der Waals surface area contributed by atoms with E-state index in [1.54, 1.807) is 17.7 Å². The fourth-order valence-corrected chi connectivity index (χ4v) is 8.04. The van der Waals surface area contributed by atoms with Gasteiger partial charge >= 0.3 is 12.1 Å². The predicted octanol–water partition coefficient (Wildman–Crippen LogP) is 2.53. The number of rotatable bonds is 6. The van der Waals surface area contributed by atoms with Gasteiger partial charge in [-0.3, -0.25) is 19.1 Å². The van der Waals surface area contributed by atoms with Gasteiger partial charge in [-0.05, 0) is 55.2 Å². The normalized spacial score (nSPS) is 27.9. The zero-order valence-electron chi connectivity index (χ0n) is 28.4. The molecule has 2 aliphatic carbocycles. The lowest BCUT2D eigenvalue weighted by Gasteiger charge is -2.27. The first-order valence-corrected chi connectivity index (χ1v) is 18.4. The molecule has 6 rings (SSSR count). The highest BCUT2D eigenvalue weighted by Gasteiger charge is 2.62. The van der Waals surface area contributed by atoms with Crippen LogP contribution in [0.25, 0.3) is 17.0 Å². The smallest absolute Gasteiger partial charge is 0.407 e. The average Bonchev–Trinajstić information content (AvgIpc) is 3.97. The molecule has 2 aromatic rings. The van der Waals surface area contributed by atoms with Crippen LogP contribution in [0.4, 0.5) is 4.79 Å². The number of aryl methyl sites for hydroxylation is 1. The number of amides is 4. The van der Waals surface area contributed by atoms with E-state index in [0.717, 1.165) is 16.5 Å². The van der Waals surface area contributed by atoms with E-state index in [1.807, 2.05) is 44.2 Å². The number of esters is 1. The zero-order valence-corrected chi connectivity index (χ0v) is 29.2. The molecule has 3 N–H and O–H groups in total. The third-order valence-electron chi connectivity index (χ3n) is 10.0. The van der Waals surface area contributed by atoms with Crippen LogP contribution in [0.15, 0.2) is 43.0 Å². The van der Waals surface area contributed by atoms with E-state index in [0.29, 0.717) is 25.7 Å². The number of fused-ring (bicyclic) bond motifs is 3. The molecular formula is C35H43N5O9S. The second-order valence-electron chi connectivity index (χ2n) is 14.4. The lowest BCUT2D eigenvalue weighted by molar-refractivity contribution is -0.139. The topological polar surface area (TPSA) is 182 Å². The van der Waals surface area contributed by atoms with Crippen molar-refractivity contribution in [1.29, 1.82) is 0 Å². The predicted molar refractivity (Wildman–Crippen MR) is 183 cm³/mol. The molecule has 4 atom stereocenters. The first-order chi connectivity index (χ1) is 23.6. The fourth-order valence-electron chi connectivity index (χ4n) is 6.68. The molecule has 1 aromatic carbocycles. The Kier molecular flexibility index (Phi) is 9.31. The molecule has 0 radical (unpaired) electrons. The number of cyclic esters (lactones) is 1. The van der Waals surface area contributed by atoms with Crippen molar-refractivity contribution in [2.75, 3.05) is 19.7 Å². The van der Waals surface area contributed by atoms with Gasteiger partial charge in [0.1, 0.15) is 29.9 Å². The minimum absolute atomic E-state index is 0.100. The van der Waals surface area contributed by atoms with Crippen LogP contribution in [-0.4, -0.2) is 90.3 Å². The van der Waals surface area contributed by atoms with Gasteiger partial charge in [-0.25, -0.2) is 18.0 Å². The average molecular weight is 710 g/mol. The summed E-state index contributed by atoms with van der Waals surface area (Å²) in [4.78, 5) is 68.1. The Morgan fingerprint density at radius 2 is 1.92 bits per heavy atom. The molecule has 2 aliphatic heterocycles. The maximum atomic E-state index is 13.9. The Bertz CT molecular complexity index is 1900. The van der Waals surface area contributed by atoms with E-state index in [4.69, 9.17) is 9.47 Å². The van der Waals surface area contributed by atoms with Crippen LogP contribution >= 0.6 is 0 Å². The van der Waals surface area contributed by atoms with Crippen molar-refractivity contribution in [3.63, 3.8) is 0 Å². The van der Waals surface area contributed by atoms with Gasteiger partial charge in [0.2, 0.25) is 21.8 Å². The SMILES string of the molecule is C=C[C@H]1C[C@@]1(NC(=O)[C@@H]1C[C@@H]2CN1C(=O)CNC(=O)OCC(C)(C)CC/C=C/c1cccc3c1cc(n3C)C(=O)O2)C(=O)NS(=O)(=O)C1CC1. The van der Waals surface area contributed by atoms with Crippen LogP contribution < -0.4 is 15.4 Å². The summed E-state index contributed by atoms with van der Waals surface area (Å²) in [5.41, 5.74) is 0.0798. The summed E-state index contributed by atoms with van der Waals surface area (Å²) in [5.74, 6) is -3.43. The highest BCUT2D eigenvalue weighted by atomic mass is 32.2. The van der Waals surface area contributed by atoms with Crippen molar-refractivity contribution in [2.45, 2.75) is 75.3 Å². The quantitative estimate of drug-likeness (QED) is 0.300. The summed E-state index contributed by atoms with van der Waals surface area (Å²) < 4.78 is 40.3. The molecule has 268 valence electrons. The third kappa shape index (κ3) is 7.14. The molecule has 15 heteroatoms. The minimum atomic E-state index is -3.90. The molecule has 0 unspecified atom stereocenters. The van der Waals surface area contributed by atoms with Crippen molar-refractivity contribution in [3.8, 4) is 0 Å². The monoisotopic (exact) mass is 709 g/mol. The van der Waals surface area contributed by atoms with E-state index in [2.05, 4.69) is 21.9 Å². The Labute approximate surface area is 290 Å². The van der Waals surface area contributed by atoms with Crippen molar-refractivity contribution >= 4 is 56.8 Å². The van der Waals surface area contributed by atoms with Crippen LogP contribution in [0.3, 0.4) is 0 Å². The van der Waals surface area contributed by atoms with E-state index in [9.17, 15) is 32.4 Å². The van der Waals surface area contributed by atoms with Crippen molar-refractivity contribution in [2.24, 2.45) is 18.4 Å². The summed E-state index contributed by atoms with van der Waals surface area (Å²) in [6, 6.07) is 6.30. The van der Waals surface area contributed by atoms with Crippen LogP contribution in [0, 0.1) is 11.3 Å². The maximum absolute atomic E-state index is 13.9. The van der Waals surface area contributed by atoms with Gasteiger partial charge in [-0.2, -0.15) is 0 Å². The maximum Gasteiger partial charge on any atom is 0.407 e. The number of hydrogen-bond acceptors (Lipinski definition) is 9. The van der Waals surface area contributed by atoms with Gasteiger partial charge in [0, 0.05) is 30.3 Å². The van der Waals surface area contributed by atoms with Crippen LogP contribution in [0.5, 0.6) is 0 Å². The molecule has 0 spiro atoms. The lowest BCUT2D eigenvalue weighted by atomic mass is 9.88. The van der Waals surface area contributed by atoms with Crippen molar-refractivity contribution < 1.29 is 41.9 Å². The molecule has 3 fully saturated rings. The van der Waals surface area contributed by atoms with Crippen molar-refractivity contribution in [3.05, 3.63) is 54.3 Å². The van der Waals surface area contributed by atoms with Gasteiger partial charge in [0.05, 0.1) is 18.4 Å². The molecule has 4 bridgehead atoms. The van der Waals surface area contributed by atoms with Crippen LogP contribution in [0.2, 0.25) is 0 Å². The summed E-state index contributed by atoms with van der Waals surface area (Å²) in [6.07, 6.45) is 6.12. The number of alkyl carbamates (subject to hydrolysis) is 1. The number of nitrogens with zero attached hydrogens (tertiary/aromatic N) is 2. The number of benzene rings is 1. The summed E-state index contributed by atoms with van der Waals surface area (Å²) in [7, 11) is -2.14. The number of sulfonamides is 1. The molecule has 3 heterocycles. The van der Waals surface area contributed by atoms with Gasteiger partial charge in [-0.1, -0.05) is 44.2 Å². The molecule has 4 amide bonds. The number of hydrogen-bond donors (Lipinski definition) is 3. The first-order valence-electron chi connectivity index (χ1n) is 16.8. The Morgan fingerprint density at radius 1 is 1.16 bits per heavy atom. The highest BCUT2D eigenvalue weighted by Crippen LogP contribution is 2.45. The van der Waals surface area contributed by atoms with E-state index in [1.165, 1.54) is 11.0 Å². The molecule has 1 saturated heterocycles. The Hall–Kier alpha value is -4.66. The molecular weight excluding hydrogens is 666 g/mol. The number of aromatic nitrogens is 1. The summed E-state index contributed by atoms with van der Waals surface area (Å²) in [6.45, 7) is 7.11. The minimum Gasteiger partial charge on any atom is -0.456 e. The summed E-state index contributed by atoms with van der Waals surface area (Å²) in [5, 5.41) is 5.34. The van der Waals surface area contributed by atoms with Gasteiger partial charge < -0.3 is 29.6 Å². The van der Waals surface area contributed by atoms with Crippen molar-refractivity contribution in [1.82, 2.24) is 24.8 Å². The largest absolute Gasteiger partial charge is 0.456 e. The fraction of sp³-hybridized carbons (Fsp3) is 0.514. The number of ether oxygens (including phenoxy) is 2. The third-order valence-corrected chi connectivity index (χ3v) is 11.8. The van der Waals surface area contributed by atoms with E-state index < -0.39 is 75.2 Å². The summed E-state index contributed by atoms with van der Waals surface area (Å²) >= 11 is 0. The van der Waals surface area contributed by atoms with Crippen LogP contribution in [-0.2, 0) is 40.9 Å². The second kappa shape index (κ2) is 13.2. The van der Waals surface area contributed by atoms with Gasteiger partial charge in [0.25, 0.3) is 5.91 Å². The number of carbonyl (C=O) groups excluding carboxylic acids is 5. The second-order valence-corrected chi connectivity index (χ2v) is 16.4. The van der Waals surface area contributed by atoms with E-state index >= 15 is 0 Å². The lowest BCUT2D eigenvalue weighted by Crippen LogP contribution is -2.57. The molecule has 1 aromatic heterocycles. The molecule has 4 aliphatic rings. The van der Waals surface area contributed by atoms with Gasteiger partial charge in [-0.15, -0.1) is 6.58 Å². The van der Waals surface area contributed by atoms with E-state index in [-0.39, 0.29) is 37.1 Å². The number of allylic oxidation sites excluding steroid dienone is 1. The zero-order chi connectivity index (χ0) is 36.0. The molecule has 50 heavy (non-hydrogen) atoms. The highest BCUT2D eigenvalue weighted by molar-refractivity contribution is 7.91. The standard InChI is InChI=1S/C35H43N5O9S/c1-5-22-17-35(22,32(44)38-50(46,47)24-12-13-24)37-30(42)27-15-23-19-40(27)29(41)18-36-33(45)48-20-34(2,3)14-7-6-9-21-10-8-11-26-25(21)16-28(39(26)4)31(43)49-23/h5-6,8-11,16,22-24,27H,1,7,12-15,17-20H2,2-4H3,(H,36,45)(H,37,42)(H,38,44)/b9-6+/t22-,23+,27-,35-/m0/s1.